The number of ether oxygens (including phenoxy) is 2. The standard InChI is InChI=1S/C15H19NO4/c1-2-19-14-8-13(10-17)16(9-14)15(18)20-11-12-6-4-3-5-7-12/h3-7,10,13-14H,2,8-9,11H2,1H3/t13?,14-/m1/s1. The van der Waals surface area contributed by atoms with Crippen molar-refractivity contribution in [1.82, 2.24) is 4.90 Å². The maximum absolute atomic E-state index is 12.0. The van der Waals surface area contributed by atoms with E-state index >= 15 is 0 Å². The molecule has 2 rings (SSSR count). The van der Waals surface area contributed by atoms with E-state index in [-0.39, 0.29) is 12.7 Å². The molecular weight excluding hydrogens is 258 g/mol. The Labute approximate surface area is 118 Å². The molecule has 1 amide bonds. The summed E-state index contributed by atoms with van der Waals surface area (Å²) in [5.41, 5.74) is 0.920. The molecule has 0 bridgehead atoms. The van der Waals surface area contributed by atoms with Gasteiger partial charge in [-0.3, -0.25) is 4.90 Å². The van der Waals surface area contributed by atoms with Gasteiger partial charge in [-0.2, -0.15) is 0 Å². The van der Waals surface area contributed by atoms with Crippen LogP contribution >= 0.6 is 0 Å². The lowest BCUT2D eigenvalue weighted by molar-refractivity contribution is -0.111. The van der Waals surface area contributed by atoms with Crippen molar-refractivity contribution in [2.75, 3.05) is 13.2 Å². The third-order valence-electron chi connectivity index (χ3n) is 3.30. The highest BCUT2D eigenvalue weighted by Crippen LogP contribution is 2.20. The first-order valence-electron chi connectivity index (χ1n) is 6.78. The van der Waals surface area contributed by atoms with Gasteiger partial charge in [0, 0.05) is 13.0 Å². The van der Waals surface area contributed by atoms with Gasteiger partial charge in [-0.15, -0.1) is 0 Å². The lowest BCUT2D eigenvalue weighted by Gasteiger charge is -2.19. The van der Waals surface area contributed by atoms with Crippen molar-refractivity contribution in [3.8, 4) is 0 Å². The van der Waals surface area contributed by atoms with Crippen molar-refractivity contribution < 1.29 is 19.1 Å². The Kier molecular flexibility index (Phi) is 5.12. The number of rotatable bonds is 5. The molecule has 1 unspecified atom stereocenters. The molecule has 1 saturated heterocycles. The van der Waals surface area contributed by atoms with Crippen LogP contribution in [0.5, 0.6) is 0 Å². The maximum atomic E-state index is 12.0. The highest BCUT2D eigenvalue weighted by Gasteiger charge is 2.36. The molecule has 1 aromatic rings. The van der Waals surface area contributed by atoms with Crippen LogP contribution in [0, 0.1) is 0 Å². The van der Waals surface area contributed by atoms with Gasteiger partial charge in [-0.05, 0) is 12.5 Å². The van der Waals surface area contributed by atoms with Gasteiger partial charge in [0.05, 0.1) is 18.7 Å². The van der Waals surface area contributed by atoms with Gasteiger partial charge in [-0.25, -0.2) is 4.79 Å². The second-order valence-corrected chi connectivity index (χ2v) is 4.71. The number of carbonyl (C=O) groups excluding carboxylic acids is 2. The predicted molar refractivity (Wildman–Crippen MR) is 73.2 cm³/mol. The zero-order chi connectivity index (χ0) is 14.4. The van der Waals surface area contributed by atoms with Crippen molar-refractivity contribution >= 4 is 12.4 Å². The maximum Gasteiger partial charge on any atom is 0.410 e. The molecule has 0 spiro atoms. The van der Waals surface area contributed by atoms with Gasteiger partial charge >= 0.3 is 6.09 Å². The molecule has 20 heavy (non-hydrogen) atoms. The predicted octanol–water partition coefficient (Wildman–Crippen LogP) is 2.00. The molecular formula is C15H19NO4. The summed E-state index contributed by atoms with van der Waals surface area (Å²) in [4.78, 5) is 24.5. The van der Waals surface area contributed by atoms with E-state index in [0.29, 0.717) is 19.6 Å². The summed E-state index contributed by atoms with van der Waals surface area (Å²) in [7, 11) is 0. The average Bonchev–Trinajstić information content (AvgIpc) is 2.89. The summed E-state index contributed by atoms with van der Waals surface area (Å²) in [6.45, 7) is 3.08. The van der Waals surface area contributed by atoms with Gasteiger partial charge in [0.1, 0.15) is 12.9 Å². The summed E-state index contributed by atoms with van der Waals surface area (Å²) in [5.74, 6) is 0. The van der Waals surface area contributed by atoms with Crippen LogP contribution in [0.1, 0.15) is 18.9 Å². The quantitative estimate of drug-likeness (QED) is 0.772. The molecule has 0 radical (unpaired) electrons. The van der Waals surface area contributed by atoms with E-state index in [1.807, 2.05) is 37.3 Å². The fourth-order valence-electron chi connectivity index (χ4n) is 2.32. The monoisotopic (exact) mass is 277 g/mol. The number of aldehydes is 1. The number of nitrogens with zero attached hydrogens (tertiary/aromatic N) is 1. The third kappa shape index (κ3) is 3.57. The third-order valence-corrected chi connectivity index (χ3v) is 3.30. The number of benzene rings is 1. The topological polar surface area (TPSA) is 55.8 Å². The van der Waals surface area contributed by atoms with Crippen molar-refractivity contribution in [2.45, 2.75) is 32.1 Å². The minimum atomic E-state index is -0.465. The summed E-state index contributed by atoms with van der Waals surface area (Å²) >= 11 is 0. The largest absolute Gasteiger partial charge is 0.445 e. The van der Waals surface area contributed by atoms with Crippen molar-refractivity contribution in [3.05, 3.63) is 35.9 Å². The second kappa shape index (κ2) is 7.05. The average molecular weight is 277 g/mol. The van der Waals surface area contributed by atoms with Crippen LogP contribution in [0.3, 0.4) is 0 Å². The summed E-state index contributed by atoms with van der Waals surface area (Å²) in [6.07, 6.45) is 0.772. The van der Waals surface area contributed by atoms with E-state index in [2.05, 4.69) is 0 Å². The van der Waals surface area contributed by atoms with Crippen molar-refractivity contribution in [3.63, 3.8) is 0 Å². The van der Waals surface area contributed by atoms with Crippen molar-refractivity contribution in [2.24, 2.45) is 0 Å². The molecule has 0 aliphatic carbocycles. The van der Waals surface area contributed by atoms with Gasteiger partial charge < -0.3 is 14.3 Å². The first-order chi connectivity index (χ1) is 9.74. The van der Waals surface area contributed by atoms with Crippen LogP contribution in [0.25, 0.3) is 0 Å². The van der Waals surface area contributed by atoms with Crippen LogP contribution in [-0.4, -0.2) is 42.6 Å². The van der Waals surface area contributed by atoms with Crippen molar-refractivity contribution in [1.29, 1.82) is 0 Å². The number of likely N-dealkylation sites (tertiary alicyclic amines) is 1. The number of hydrogen-bond acceptors (Lipinski definition) is 4. The van der Waals surface area contributed by atoms with E-state index in [1.54, 1.807) is 0 Å². The zero-order valence-corrected chi connectivity index (χ0v) is 11.5. The number of hydrogen-bond donors (Lipinski definition) is 0. The van der Waals surface area contributed by atoms with Crippen LogP contribution in [0.4, 0.5) is 4.79 Å². The summed E-state index contributed by atoms with van der Waals surface area (Å²) in [6, 6.07) is 9.00. The smallest absolute Gasteiger partial charge is 0.410 e. The molecule has 1 aromatic carbocycles. The molecule has 108 valence electrons. The Morgan fingerprint density at radius 2 is 2.15 bits per heavy atom. The highest BCUT2D eigenvalue weighted by molar-refractivity contribution is 5.74. The minimum absolute atomic E-state index is 0.0838. The molecule has 2 atom stereocenters. The van der Waals surface area contributed by atoms with Gasteiger partial charge in [0.25, 0.3) is 0 Å². The Bertz CT molecular complexity index is 448. The van der Waals surface area contributed by atoms with Crippen LogP contribution in [-0.2, 0) is 20.9 Å². The normalized spacial score (nSPS) is 21.8. The molecule has 0 aromatic heterocycles. The fourth-order valence-corrected chi connectivity index (χ4v) is 2.32. The molecule has 5 nitrogen and oxygen atoms in total. The highest BCUT2D eigenvalue weighted by atomic mass is 16.6. The summed E-state index contributed by atoms with van der Waals surface area (Å²) in [5, 5.41) is 0. The van der Waals surface area contributed by atoms with E-state index in [0.717, 1.165) is 11.8 Å². The Hall–Kier alpha value is -1.88. The molecule has 5 heteroatoms. The van der Waals surface area contributed by atoms with Crippen LogP contribution in [0.15, 0.2) is 30.3 Å². The van der Waals surface area contributed by atoms with E-state index in [9.17, 15) is 9.59 Å². The molecule has 0 saturated carbocycles. The molecule has 0 N–H and O–H groups in total. The van der Waals surface area contributed by atoms with Gasteiger partial charge in [0.2, 0.25) is 0 Å². The molecule has 1 fully saturated rings. The first-order valence-corrected chi connectivity index (χ1v) is 6.78. The second-order valence-electron chi connectivity index (χ2n) is 4.71. The van der Waals surface area contributed by atoms with Crippen LogP contribution in [0.2, 0.25) is 0 Å². The lowest BCUT2D eigenvalue weighted by atomic mass is 10.2. The Morgan fingerprint density at radius 3 is 2.80 bits per heavy atom. The Morgan fingerprint density at radius 1 is 1.40 bits per heavy atom. The molecule has 1 heterocycles. The van der Waals surface area contributed by atoms with Gasteiger partial charge in [0.15, 0.2) is 0 Å². The van der Waals surface area contributed by atoms with E-state index in [1.165, 1.54) is 4.90 Å². The fraction of sp³-hybridized carbons (Fsp3) is 0.467. The minimum Gasteiger partial charge on any atom is -0.445 e. The van der Waals surface area contributed by atoms with E-state index in [4.69, 9.17) is 9.47 Å². The van der Waals surface area contributed by atoms with Crippen LogP contribution < -0.4 is 0 Å². The van der Waals surface area contributed by atoms with E-state index < -0.39 is 12.1 Å². The number of amides is 1. The zero-order valence-electron chi connectivity index (χ0n) is 11.5. The SMILES string of the molecule is CCO[C@@H]1CC(C=O)N(C(=O)OCc2ccccc2)C1. The summed E-state index contributed by atoms with van der Waals surface area (Å²) < 4.78 is 10.7. The lowest BCUT2D eigenvalue weighted by Crippen LogP contribution is -2.37. The van der Waals surface area contributed by atoms with Gasteiger partial charge in [-0.1, -0.05) is 30.3 Å². The first kappa shape index (κ1) is 14.5. The molecule has 1 aliphatic rings. The number of carbonyl (C=O) groups is 2. The Balaban J connectivity index is 1.89. The molecule has 1 aliphatic heterocycles.